The summed E-state index contributed by atoms with van der Waals surface area (Å²) in [6, 6.07) is 21.7. The highest BCUT2D eigenvalue weighted by atomic mass is 32.2. The molecular formula is C30H35N3O5S. The molecule has 1 unspecified atom stereocenters. The summed E-state index contributed by atoms with van der Waals surface area (Å²) in [5, 5.41) is 14.1. The molecule has 0 saturated carbocycles. The topological polar surface area (TPSA) is 101 Å². The molecule has 206 valence electrons. The molecule has 39 heavy (non-hydrogen) atoms. The van der Waals surface area contributed by atoms with Crippen molar-refractivity contribution in [3.63, 3.8) is 0 Å². The van der Waals surface area contributed by atoms with Gasteiger partial charge in [0.25, 0.3) is 5.91 Å². The number of fused-ring (bicyclic) bond motifs is 1. The zero-order valence-electron chi connectivity index (χ0n) is 22.9. The molecule has 0 bridgehead atoms. The number of hydrogen-bond donors (Lipinski definition) is 2. The van der Waals surface area contributed by atoms with E-state index in [9.17, 15) is 18.3 Å². The van der Waals surface area contributed by atoms with Crippen molar-refractivity contribution in [2.75, 3.05) is 26.9 Å². The number of carbonyl (C=O) groups excluding carboxylic acids is 1. The van der Waals surface area contributed by atoms with Crippen LogP contribution in [0.4, 0.5) is 0 Å². The van der Waals surface area contributed by atoms with Crippen LogP contribution in [0.5, 0.6) is 11.5 Å². The molecule has 1 amide bonds. The van der Waals surface area contributed by atoms with Crippen LogP contribution in [0.1, 0.15) is 46.9 Å². The highest BCUT2D eigenvalue weighted by Crippen LogP contribution is 2.41. The number of aromatic nitrogens is 1. The Labute approximate surface area is 230 Å². The van der Waals surface area contributed by atoms with E-state index in [0.717, 1.165) is 40.4 Å². The maximum absolute atomic E-state index is 13.9. The largest absolute Gasteiger partial charge is 0.508 e. The van der Waals surface area contributed by atoms with Gasteiger partial charge < -0.3 is 24.1 Å². The zero-order valence-corrected chi connectivity index (χ0v) is 23.7. The Morgan fingerprint density at radius 1 is 0.974 bits per heavy atom. The molecule has 9 heteroatoms. The average Bonchev–Trinajstić information content (AvgIpc) is 3.18. The number of amides is 1. The molecule has 4 aromatic rings. The first kappa shape index (κ1) is 28.2. The number of rotatable bonds is 10. The highest BCUT2D eigenvalue weighted by Gasteiger charge is 2.30. The minimum absolute atomic E-state index is 0.0646. The lowest BCUT2D eigenvalue weighted by atomic mass is 9.83. The van der Waals surface area contributed by atoms with Crippen molar-refractivity contribution in [3.8, 4) is 11.5 Å². The van der Waals surface area contributed by atoms with E-state index < -0.39 is 16.0 Å². The molecular weight excluding hydrogens is 514 g/mol. The highest BCUT2D eigenvalue weighted by molar-refractivity contribution is 7.86. The SMILES string of the molecule is CC(C)NC(=O)c1c(C(c2ccc(O)cc2)c2ccc(OS(C)(=O)=O)cc2)c2ccccc2n1CCN(C)C. The van der Waals surface area contributed by atoms with E-state index in [1.807, 2.05) is 76.5 Å². The number of phenolic OH excluding ortho intramolecular Hbond substituents is 1. The molecule has 2 N–H and O–H groups in total. The third-order valence-electron chi connectivity index (χ3n) is 6.39. The number of likely N-dealkylation sites (N-methyl/N-ethyl adjacent to an activating group) is 1. The summed E-state index contributed by atoms with van der Waals surface area (Å²) >= 11 is 0. The predicted octanol–water partition coefficient (Wildman–Crippen LogP) is 4.57. The normalized spacial score (nSPS) is 12.7. The van der Waals surface area contributed by atoms with Crippen LogP contribution in [0.2, 0.25) is 0 Å². The standard InChI is InChI=1S/C30H35N3O5S/c1-20(2)31-30(35)29-28(25-8-6-7-9-26(25)33(29)19-18-32(3)4)27(21-10-14-23(34)15-11-21)22-12-16-24(17-13-22)38-39(5,36)37/h6-17,20,27,34H,18-19H2,1-5H3,(H,31,35). The summed E-state index contributed by atoms with van der Waals surface area (Å²) in [6.45, 7) is 5.21. The number of benzene rings is 3. The van der Waals surface area contributed by atoms with E-state index in [2.05, 4.69) is 14.8 Å². The Bertz CT molecular complexity index is 1560. The Morgan fingerprint density at radius 3 is 2.13 bits per heavy atom. The van der Waals surface area contributed by atoms with Crippen LogP contribution in [0.3, 0.4) is 0 Å². The number of hydrogen-bond acceptors (Lipinski definition) is 6. The van der Waals surface area contributed by atoms with Crippen molar-refractivity contribution in [2.45, 2.75) is 32.4 Å². The number of carbonyl (C=O) groups is 1. The average molecular weight is 550 g/mol. The van der Waals surface area contributed by atoms with Gasteiger partial charge in [-0.15, -0.1) is 0 Å². The van der Waals surface area contributed by atoms with Gasteiger partial charge in [-0.25, -0.2) is 0 Å². The second-order valence-corrected chi connectivity index (χ2v) is 11.8. The van der Waals surface area contributed by atoms with Gasteiger partial charge in [0.1, 0.15) is 17.2 Å². The van der Waals surface area contributed by atoms with Gasteiger partial charge in [0.05, 0.1) is 6.26 Å². The van der Waals surface area contributed by atoms with Crippen LogP contribution in [0, 0.1) is 0 Å². The van der Waals surface area contributed by atoms with Crippen LogP contribution in [-0.4, -0.2) is 61.8 Å². The summed E-state index contributed by atoms with van der Waals surface area (Å²) in [6.07, 6.45) is 1.00. The number of aromatic hydroxyl groups is 1. The quantitative estimate of drug-likeness (QED) is 0.281. The van der Waals surface area contributed by atoms with Gasteiger partial charge in [-0.2, -0.15) is 8.42 Å². The first-order chi connectivity index (χ1) is 18.4. The van der Waals surface area contributed by atoms with Crippen molar-refractivity contribution in [1.82, 2.24) is 14.8 Å². The molecule has 0 aliphatic rings. The Morgan fingerprint density at radius 2 is 1.56 bits per heavy atom. The van der Waals surface area contributed by atoms with E-state index in [1.165, 1.54) is 0 Å². The molecule has 1 heterocycles. The fourth-order valence-corrected chi connectivity index (χ4v) is 5.27. The number of phenols is 1. The lowest BCUT2D eigenvalue weighted by molar-refractivity contribution is 0.0932. The molecule has 0 aliphatic heterocycles. The second-order valence-electron chi connectivity index (χ2n) is 10.2. The summed E-state index contributed by atoms with van der Waals surface area (Å²) in [5.41, 5.74) is 4.07. The lowest BCUT2D eigenvalue weighted by Crippen LogP contribution is -2.33. The molecule has 0 spiro atoms. The molecule has 0 aliphatic carbocycles. The van der Waals surface area contributed by atoms with Crippen molar-refractivity contribution < 1.29 is 22.5 Å². The number of nitrogens with zero attached hydrogens (tertiary/aromatic N) is 2. The molecule has 0 fully saturated rings. The Hall–Kier alpha value is -3.82. The molecule has 0 radical (unpaired) electrons. The van der Waals surface area contributed by atoms with Gasteiger partial charge in [0.2, 0.25) is 0 Å². The van der Waals surface area contributed by atoms with E-state index in [0.29, 0.717) is 12.2 Å². The Kier molecular flexibility index (Phi) is 8.32. The minimum Gasteiger partial charge on any atom is -0.508 e. The third kappa shape index (κ3) is 6.61. The number of nitrogens with one attached hydrogen (secondary N) is 1. The van der Waals surface area contributed by atoms with Crippen LogP contribution >= 0.6 is 0 Å². The first-order valence-electron chi connectivity index (χ1n) is 12.8. The van der Waals surface area contributed by atoms with Gasteiger partial charge in [-0.1, -0.05) is 42.5 Å². The van der Waals surface area contributed by atoms with Crippen LogP contribution in [0.25, 0.3) is 10.9 Å². The van der Waals surface area contributed by atoms with Crippen LogP contribution < -0.4 is 9.50 Å². The summed E-state index contributed by atoms with van der Waals surface area (Å²) in [5.74, 6) is -0.218. The van der Waals surface area contributed by atoms with Crippen molar-refractivity contribution in [1.29, 1.82) is 0 Å². The van der Waals surface area contributed by atoms with Crippen LogP contribution in [-0.2, 0) is 16.7 Å². The van der Waals surface area contributed by atoms with E-state index in [4.69, 9.17) is 4.18 Å². The molecule has 4 rings (SSSR count). The fraction of sp³-hybridized carbons (Fsp3) is 0.300. The van der Waals surface area contributed by atoms with Crippen molar-refractivity contribution >= 4 is 26.9 Å². The summed E-state index contributed by atoms with van der Waals surface area (Å²) < 4.78 is 30.5. The Balaban J connectivity index is 2.01. The maximum Gasteiger partial charge on any atom is 0.306 e. The molecule has 8 nitrogen and oxygen atoms in total. The molecule has 3 aromatic carbocycles. The number of para-hydroxylation sites is 1. The monoisotopic (exact) mass is 549 g/mol. The van der Waals surface area contributed by atoms with Crippen molar-refractivity contribution in [3.05, 3.63) is 95.2 Å². The second kappa shape index (κ2) is 11.5. The zero-order chi connectivity index (χ0) is 28.3. The summed E-state index contributed by atoms with van der Waals surface area (Å²) in [7, 11) is 0.324. The van der Waals surface area contributed by atoms with Gasteiger partial charge in [0, 0.05) is 41.5 Å². The maximum atomic E-state index is 13.9. The van der Waals surface area contributed by atoms with E-state index in [1.54, 1.807) is 24.3 Å². The molecule has 0 saturated heterocycles. The van der Waals surface area contributed by atoms with E-state index in [-0.39, 0.29) is 23.4 Å². The molecule has 1 aromatic heterocycles. The molecule has 1 atom stereocenters. The lowest BCUT2D eigenvalue weighted by Gasteiger charge is -2.22. The smallest absolute Gasteiger partial charge is 0.306 e. The fourth-order valence-electron chi connectivity index (χ4n) is 4.81. The predicted molar refractivity (Wildman–Crippen MR) is 154 cm³/mol. The van der Waals surface area contributed by atoms with Crippen LogP contribution in [0.15, 0.2) is 72.8 Å². The van der Waals surface area contributed by atoms with Gasteiger partial charge in [-0.05, 0) is 69.4 Å². The first-order valence-corrected chi connectivity index (χ1v) is 14.6. The van der Waals surface area contributed by atoms with E-state index >= 15 is 0 Å². The minimum atomic E-state index is -3.68. The summed E-state index contributed by atoms with van der Waals surface area (Å²) in [4.78, 5) is 16.0. The van der Waals surface area contributed by atoms with Crippen molar-refractivity contribution in [2.24, 2.45) is 0 Å². The van der Waals surface area contributed by atoms with Gasteiger partial charge in [-0.3, -0.25) is 4.79 Å². The van der Waals surface area contributed by atoms with Gasteiger partial charge >= 0.3 is 10.1 Å². The third-order valence-corrected chi connectivity index (χ3v) is 6.89. The van der Waals surface area contributed by atoms with Gasteiger partial charge in [0.15, 0.2) is 0 Å².